The van der Waals surface area contributed by atoms with E-state index in [4.69, 9.17) is 4.74 Å². The number of phenols is 1. The van der Waals surface area contributed by atoms with Gasteiger partial charge in [-0.3, -0.25) is 0 Å². The van der Waals surface area contributed by atoms with Crippen molar-refractivity contribution in [2.24, 2.45) is 0 Å². The first-order chi connectivity index (χ1) is 8.25. The molecule has 0 bridgehead atoms. The fourth-order valence-electron chi connectivity index (χ4n) is 2.38. The number of fused-ring (bicyclic) bond motifs is 1. The molecule has 2 heteroatoms. The van der Waals surface area contributed by atoms with Gasteiger partial charge in [0.05, 0.1) is 6.61 Å². The van der Waals surface area contributed by atoms with E-state index in [2.05, 4.69) is 18.2 Å². The lowest BCUT2D eigenvalue weighted by Gasteiger charge is -2.11. The summed E-state index contributed by atoms with van der Waals surface area (Å²) in [5.74, 6) is 1.31. The van der Waals surface area contributed by atoms with Crippen molar-refractivity contribution in [2.45, 2.75) is 13.3 Å². The van der Waals surface area contributed by atoms with Gasteiger partial charge in [-0.2, -0.15) is 0 Å². The van der Waals surface area contributed by atoms with E-state index in [1.165, 1.54) is 5.56 Å². The minimum Gasteiger partial charge on any atom is -0.508 e. The summed E-state index contributed by atoms with van der Waals surface area (Å²) in [6.07, 6.45) is 0.986. The van der Waals surface area contributed by atoms with E-state index in [1.54, 1.807) is 12.1 Å². The van der Waals surface area contributed by atoms with Crippen molar-refractivity contribution < 1.29 is 9.84 Å². The lowest BCUT2D eigenvalue weighted by Crippen LogP contribution is -1.90. The zero-order valence-corrected chi connectivity index (χ0v) is 9.73. The quantitative estimate of drug-likeness (QED) is 0.808. The van der Waals surface area contributed by atoms with Crippen LogP contribution in [0, 0.1) is 6.92 Å². The summed E-state index contributed by atoms with van der Waals surface area (Å²) in [7, 11) is 0. The Kier molecular flexibility index (Phi) is 2.29. The number of hydrogen-bond acceptors (Lipinski definition) is 2. The Labute approximate surface area is 100 Å². The van der Waals surface area contributed by atoms with Crippen LogP contribution in [0.25, 0.3) is 11.1 Å². The zero-order valence-electron chi connectivity index (χ0n) is 9.73. The predicted octanol–water partition coefficient (Wildman–Crippen LogP) is 3.30. The van der Waals surface area contributed by atoms with Crippen LogP contribution in [-0.4, -0.2) is 11.7 Å². The molecule has 0 atom stereocenters. The Hall–Kier alpha value is -1.96. The van der Waals surface area contributed by atoms with Gasteiger partial charge >= 0.3 is 0 Å². The summed E-state index contributed by atoms with van der Waals surface area (Å²) in [4.78, 5) is 0. The van der Waals surface area contributed by atoms with Crippen molar-refractivity contribution in [1.29, 1.82) is 0 Å². The molecule has 3 rings (SSSR count). The lowest BCUT2D eigenvalue weighted by molar-refractivity contribution is 0.358. The topological polar surface area (TPSA) is 29.5 Å². The Morgan fingerprint density at radius 1 is 1.12 bits per heavy atom. The van der Waals surface area contributed by atoms with Gasteiger partial charge in [0.25, 0.3) is 0 Å². The third kappa shape index (κ3) is 1.66. The molecule has 2 aromatic rings. The fourth-order valence-corrected chi connectivity index (χ4v) is 2.38. The second-order valence-corrected chi connectivity index (χ2v) is 4.39. The molecule has 0 amide bonds. The van der Waals surface area contributed by atoms with Gasteiger partial charge in [-0.25, -0.2) is 0 Å². The molecule has 0 aliphatic carbocycles. The van der Waals surface area contributed by atoms with E-state index in [9.17, 15) is 5.11 Å². The number of aromatic hydroxyl groups is 1. The molecule has 0 saturated carbocycles. The highest BCUT2D eigenvalue weighted by Gasteiger charge is 2.17. The number of para-hydroxylation sites is 1. The molecule has 0 aromatic heterocycles. The molecule has 1 aliphatic heterocycles. The highest BCUT2D eigenvalue weighted by Crippen LogP contribution is 2.38. The number of aryl methyl sites for hydroxylation is 1. The monoisotopic (exact) mass is 226 g/mol. The van der Waals surface area contributed by atoms with Crippen molar-refractivity contribution in [3.8, 4) is 22.6 Å². The van der Waals surface area contributed by atoms with Crippen LogP contribution in [0.2, 0.25) is 0 Å². The van der Waals surface area contributed by atoms with Crippen LogP contribution >= 0.6 is 0 Å². The molecule has 0 unspecified atom stereocenters. The average Bonchev–Trinajstić information content (AvgIpc) is 2.77. The van der Waals surface area contributed by atoms with E-state index < -0.39 is 0 Å². The third-order valence-corrected chi connectivity index (χ3v) is 3.21. The van der Waals surface area contributed by atoms with Gasteiger partial charge in [0.15, 0.2) is 0 Å². The molecule has 17 heavy (non-hydrogen) atoms. The van der Waals surface area contributed by atoms with Crippen LogP contribution in [0.15, 0.2) is 36.4 Å². The Morgan fingerprint density at radius 2 is 2.00 bits per heavy atom. The van der Waals surface area contributed by atoms with Gasteiger partial charge in [0.1, 0.15) is 11.5 Å². The number of ether oxygens (including phenoxy) is 1. The van der Waals surface area contributed by atoms with Crippen molar-refractivity contribution >= 4 is 0 Å². The first-order valence-electron chi connectivity index (χ1n) is 5.80. The SMILES string of the molecule is Cc1cc(O)ccc1-c1cccc2c1OCC2. The highest BCUT2D eigenvalue weighted by atomic mass is 16.5. The van der Waals surface area contributed by atoms with Crippen LogP contribution in [0.1, 0.15) is 11.1 Å². The van der Waals surface area contributed by atoms with Crippen LogP contribution in [0.4, 0.5) is 0 Å². The first kappa shape index (κ1) is 10.2. The summed E-state index contributed by atoms with van der Waals surface area (Å²) >= 11 is 0. The van der Waals surface area contributed by atoms with Gasteiger partial charge in [0, 0.05) is 12.0 Å². The fraction of sp³-hybridized carbons (Fsp3) is 0.200. The van der Waals surface area contributed by atoms with Gasteiger partial charge < -0.3 is 9.84 Å². The molecular weight excluding hydrogens is 212 g/mol. The molecule has 0 radical (unpaired) electrons. The van der Waals surface area contributed by atoms with Crippen LogP contribution in [-0.2, 0) is 6.42 Å². The second-order valence-electron chi connectivity index (χ2n) is 4.39. The van der Waals surface area contributed by atoms with Gasteiger partial charge in [-0.15, -0.1) is 0 Å². The molecule has 1 heterocycles. The molecule has 0 saturated heterocycles. The van der Waals surface area contributed by atoms with Gasteiger partial charge in [0.2, 0.25) is 0 Å². The Balaban J connectivity index is 2.19. The van der Waals surface area contributed by atoms with Crippen molar-refractivity contribution in [2.75, 3.05) is 6.61 Å². The van der Waals surface area contributed by atoms with E-state index in [1.807, 2.05) is 13.0 Å². The number of phenolic OH excluding ortho intramolecular Hbond substituents is 1. The molecule has 0 fully saturated rings. The van der Waals surface area contributed by atoms with E-state index in [0.717, 1.165) is 35.5 Å². The Morgan fingerprint density at radius 3 is 2.82 bits per heavy atom. The van der Waals surface area contributed by atoms with Gasteiger partial charge in [-0.1, -0.05) is 24.3 Å². The van der Waals surface area contributed by atoms with Crippen molar-refractivity contribution in [3.05, 3.63) is 47.5 Å². The maximum Gasteiger partial charge on any atom is 0.130 e. The first-order valence-corrected chi connectivity index (χ1v) is 5.80. The molecule has 1 N–H and O–H groups in total. The van der Waals surface area contributed by atoms with Crippen molar-refractivity contribution in [1.82, 2.24) is 0 Å². The summed E-state index contributed by atoms with van der Waals surface area (Å²) < 4.78 is 5.71. The smallest absolute Gasteiger partial charge is 0.130 e. The van der Waals surface area contributed by atoms with Crippen molar-refractivity contribution in [3.63, 3.8) is 0 Å². The number of rotatable bonds is 1. The minimum absolute atomic E-state index is 0.305. The predicted molar refractivity (Wildman–Crippen MR) is 67.5 cm³/mol. The van der Waals surface area contributed by atoms with E-state index >= 15 is 0 Å². The van der Waals surface area contributed by atoms with Gasteiger partial charge in [-0.05, 0) is 35.7 Å². The molecule has 0 spiro atoms. The summed E-state index contributed by atoms with van der Waals surface area (Å²) in [6.45, 7) is 2.77. The largest absolute Gasteiger partial charge is 0.508 e. The Bertz CT molecular complexity index is 573. The highest BCUT2D eigenvalue weighted by molar-refractivity contribution is 5.75. The van der Waals surface area contributed by atoms with Crippen LogP contribution < -0.4 is 4.74 Å². The standard InChI is InChI=1S/C15H14O2/c1-10-9-12(16)5-6-13(10)14-4-2-3-11-7-8-17-15(11)14/h2-6,9,16H,7-8H2,1H3. The molecule has 1 aliphatic rings. The number of hydrogen-bond donors (Lipinski definition) is 1. The van der Waals surface area contributed by atoms with Crippen LogP contribution in [0.3, 0.4) is 0 Å². The number of benzene rings is 2. The normalized spacial score (nSPS) is 13.2. The average molecular weight is 226 g/mol. The summed E-state index contributed by atoms with van der Waals surface area (Å²) in [5.41, 5.74) is 4.59. The summed E-state index contributed by atoms with van der Waals surface area (Å²) in [6, 6.07) is 11.7. The maximum atomic E-state index is 9.45. The van der Waals surface area contributed by atoms with E-state index in [-0.39, 0.29) is 0 Å². The van der Waals surface area contributed by atoms with E-state index in [0.29, 0.717) is 5.75 Å². The van der Waals surface area contributed by atoms with Crippen LogP contribution in [0.5, 0.6) is 11.5 Å². The molecule has 2 aromatic carbocycles. The maximum absolute atomic E-state index is 9.45. The zero-order chi connectivity index (χ0) is 11.8. The third-order valence-electron chi connectivity index (χ3n) is 3.21. The lowest BCUT2D eigenvalue weighted by atomic mass is 9.97. The molecular formula is C15H14O2. The minimum atomic E-state index is 0.305. The molecule has 2 nitrogen and oxygen atoms in total. The summed E-state index contributed by atoms with van der Waals surface area (Å²) in [5, 5.41) is 9.45. The second kappa shape index (κ2) is 3.81. The molecule has 86 valence electrons.